The number of carbonyl (C=O) groups excluding carboxylic acids is 1. The van der Waals surface area contributed by atoms with Gasteiger partial charge in [0, 0.05) is 13.0 Å². The van der Waals surface area contributed by atoms with Gasteiger partial charge in [-0.3, -0.25) is 4.79 Å². The topological polar surface area (TPSA) is 29.1 Å². The molecular formula is C17H15BrFNO. The first-order valence-corrected chi connectivity index (χ1v) is 7.72. The third-order valence-corrected chi connectivity index (χ3v) is 4.40. The number of halogens is 2. The highest BCUT2D eigenvalue weighted by Gasteiger charge is 2.25. The molecule has 0 aliphatic carbocycles. The largest absolute Gasteiger partial charge is 0.303 e. The summed E-state index contributed by atoms with van der Waals surface area (Å²) in [6.07, 6.45) is 1.24. The molecule has 0 amide bonds. The minimum absolute atomic E-state index is 0.112. The van der Waals surface area contributed by atoms with Crippen molar-refractivity contribution in [3.63, 3.8) is 0 Å². The number of carbonyl (C=O) groups is 1. The molecule has 1 atom stereocenters. The zero-order valence-corrected chi connectivity index (χ0v) is 13.0. The normalized spacial score (nSPS) is 17.3. The Labute approximate surface area is 131 Å². The van der Waals surface area contributed by atoms with Crippen LogP contribution >= 0.6 is 15.9 Å². The Hall–Kier alpha value is -1.52. The summed E-state index contributed by atoms with van der Waals surface area (Å²) in [6, 6.07) is 12.5. The molecule has 4 heteroatoms. The fraction of sp³-hybridized carbons (Fsp3) is 0.235. The first-order chi connectivity index (χ1) is 10.1. The van der Waals surface area contributed by atoms with Gasteiger partial charge in [0.05, 0.1) is 10.5 Å². The molecule has 1 heterocycles. The molecule has 0 aromatic heterocycles. The average molecular weight is 348 g/mol. The zero-order valence-electron chi connectivity index (χ0n) is 11.4. The maximum Gasteiger partial charge on any atom is 0.158 e. The second-order valence-corrected chi connectivity index (χ2v) is 6.08. The minimum atomic E-state index is -0.313. The lowest BCUT2D eigenvalue weighted by Crippen LogP contribution is -2.35. The summed E-state index contributed by atoms with van der Waals surface area (Å²) < 4.78 is 13.6. The minimum Gasteiger partial charge on any atom is -0.303 e. The molecule has 1 N–H and O–H groups in total. The molecule has 0 saturated carbocycles. The third-order valence-electron chi connectivity index (χ3n) is 3.79. The SMILES string of the molecule is O=C(Cc1ccc(F)c(Br)c1)C1NCCc2ccccc21. The molecule has 0 fully saturated rings. The molecule has 3 rings (SSSR count). The van der Waals surface area contributed by atoms with Crippen LogP contribution in [0.5, 0.6) is 0 Å². The van der Waals surface area contributed by atoms with Gasteiger partial charge in [-0.05, 0) is 51.2 Å². The van der Waals surface area contributed by atoms with Gasteiger partial charge >= 0.3 is 0 Å². The Morgan fingerprint density at radius 3 is 2.90 bits per heavy atom. The van der Waals surface area contributed by atoms with Gasteiger partial charge in [-0.25, -0.2) is 4.39 Å². The van der Waals surface area contributed by atoms with E-state index in [4.69, 9.17) is 0 Å². The van der Waals surface area contributed by atoms with E-state index in [-0.39, 0.29) is 17.6 Å². The van der Waals surface area contributed by atoms with Crippen LogP contribution in [0.3, 0.4) is 0 Å². The number of fused-ring (bicyclic) bond motifs is 1. The Bertz CT molecular complexity index is 686. The van der Waals surface area contributed by atoms with Gasteiger partial charge in [-0.1, -0.05) is 30.3 Å². The van der Waals surface area contributed by atoms with E-state index < -0.39 is 0 Å². The number of benzene rings is 2. The monoisotopic (exact) mass is 347 g/mol. The summed E-state index contributed by atoms with van der Waals surface area (Å²) in [5.41, 5.74) is 3.11. The van der Waals surface area contributed by atoms with Gasteiger partial charge in [0.1, 0.15) is 5.82 Å². The molecule has 0 saturated heterocycles. The van der Waals surface area contributed by atoms with Crippen molar-refractivity contribution in [3.05, 3.63) is 69.4 Å². The van der Waals surface area contributed by atoms with Crippen LogP contribution in [-0.4, -0.2) is 12.3 Å². The van der Waals surface area contributed by atoms with E-state index in [0.717, 1.165) is 24.1 Å². The van der Waals surface area contributed by atoms with Crippen LogP contribution in [0.4, 0.5) is 4.39 Å². The maximum atomic E-state index is 13.2. The van der Waals surface area contributed by atoms with Gasteiger partial charge in [0.15, 0.2) is 5.78 Å². The Morgan fingerprint density at radius 2 is 2.10 bits per heavy atom. The summed E-state index contributed by atoms with van der Waals surface area (Å²) in [5.74, 6) is -0.201. The molecule has 1 unspecified atom stereocenters. The van der Waals surface area contributed by atoms with Crippen molar-refractivity contribution in [3.8, 4) is 0 Å². The highest BCUT2D eigenvalue weighted by molar-refractivity contribution is 9.10. The van der Waals surface area contributed by atoms with Crippen molar-refractivity contribution in [2.75, 3.05) is 6.54 Å². The van der Waals surface area contributed by atoms with E-state index in [1.54, 1.807) is 12.1 Å². The second kappa shape index (κ2) is 6.08. The molecular weight excluding hydrogens is 333 g/mol. The summed E-state index contributed by atoms with van der Waals surface area (Å²) >= 11 is 3.16. The summed E-state index contributed by atoms with van der Waals surface area (Å²) in [5, 5.41) is 3.29. The fourth-order valence-electron chi connectivity index (χ4n) is 2.74. The molecule has 2 aromatic carbocycles. The number of hydrogen-bond acceptors (Lipinski definition) is 2. The van der Waals surface area contributed by atoms with Crippen molar-refractivity contribution in [1.82, 2.24) is 5.32 Å². The van der Waals surface area contributed by atoms with Crippen molar-refractivity contribution in [2.24, 2.45) is 0 Å². The van der Waals surface area contributed by atoms with Crippen molar-refractivity contribution < 1.29 is 9.18 Å². The van der Waals surface area contributed by atoms with Gasteiger partial charge in [-0.2, -0.15) is 0 Å². The molecule has 2 aromatic rings. The number of Topliss-reactive ketones (excluding diaryl/α,β-unsaturated/α-hetero) is 1. The smallest absolute Gasteiger partial charge is 0.158 e. The average Bonchev–Trinajstić information content (AvgIpc) is 2.50. The van der Waals surface area contributed by atoms with Gasteiger partial charge in [0.2, 0.25) is 0 Å². The van der Waals surface area contributed by atoms with Gasteiger partial charge in [0.25, 0.3) is 0 Å². The summed E-state index contributed by atoms with van der Waals surface area (Å²) in [6.45, 7) is 0.806. The number of nitrogens with one attached hydrogen (secondary N) is 1. The van der Waals surface area contributed by atoms with Crippen LogP contribution in [0.25, 0.3) is 0 Å². The predicted octanol–water partition coefficient (Wildman–Crippen LogP) is 3.59. The van der Waals surface area contributed by atoms with E-state index in [1.165, 1.54) is 11.6 Å². The molecule has 0 radical (unpaired) electrons. The molecule has 108 valence electrons. The van der Waals surface area contributed by atoms with Gasteiger partial charge < -0.3 is 5.32 Å². The lowest BCUT2D eigenvalue weighted by atomic mass is 9.90. The van der Waals surface area contributed by atoms with Crippen molar-refractivity contribution in [1.29, 1.82) is 0 Å². The highest BCUT2D eigenvalue weighted by Crippen LogP contribution is 2.25. The van der Waals surface area contributed by atoms with Crippen LogP contribution in [0.15, 0.2) is 46.9 Å². The van der Waals surface area contributed by atoms with Crippen LogP contribution in [0.2, 0.25) is 0 Å². The first kappa shape index (κ1) is 14.4. The van der Waals surface area contributed by atoms with Crippen LogP contribution in [0.1, 0.15) is 22.7 Å². The Morgan fingerprint density at radius 1 is 1.29 bits per heavy atom. The van der Waals surface area contributed by atoms with E-state index in [0.29, 0.717) is 10.9 Å². The zero-order chi connectivity index (χ0) is 14.8. The maximum absolute atomic E-state index is 13.2. The third kappa shape index (κ3) is 3.06. The van der Waals surface area contributed by atoms with Crippen molar-refractivity contribution in [2.45, 2.75) is 18.9 Å². The summed E-state index contributed by atoms with van der Waals surface area (Å²) in [4.78, 5) is 12.6. The van der Waals surface area contributed by atoms with E-state index in [1.807, 2.05) is 18.2 Å². The second-order valence-electron chi connectivity index (χ2n) is 5.23. The van der Waals surface area contributed by atoms with E-state index in [9.17, 15) is 9.18 Å². The molecule has 1 aliphatic heterocycles. The van der Waals surface area contributed by atoms with Crippen LogP contribution < -0.4 is 5.32 Å². The molecule has 1 aliphatic rings. The summed E-state index contributed by atoms with van der Waals surface area (Å²) in [7, 11) is 0. The number of rotatable bonds is 3. The lowest BCUT2D eigenvalue weighted by Gasteiger charge is -2.26. The molecule has 0 bridgehead atoms. The van der Waals surface area contributed by atoms with E-state index >= 15 is 0 Å². The fourth-order valence-corrected chi connectivity index (χ4v) is 3.17. The van der Waals surface area contributed by atoms with Gasteiger partial charge in [-0.15, -0.1) is 0 Å². The quantitative estimate of drug-likeness (QED) is 0.919. The van der Waals surface area contributed by atoms with Crippen LogP contribution in [0, 0.1) is 5.82 Å². The number of hydrogen-bond donors (Lipinski definition) is 1. The number of ketones is 1. The predicted molar refractivity (Wildman–Crippen MR) is 83.7 cm³/mol. The molecule has 21 heavy (non-hydrogen) atoms. The first-order valence-electron chi connectivity index (χ1n) is 6.93. The standard InChI is InChI=1S/C17H15BrFNO/c18-14-9-11(5-6-15(14)19)10-16(21)17-13-4-2-1-3-12(13)7-8-20-17/h1-6,9,17,20H,7-8,10H2. The Balaban J connectivity index is 1.81. The van der Waals surface area contributed by atoms with E-state index in [2.05, 4.69) is 27.3 Å². The molecule has 2 nitrogen and oxygen atoms in total. The van der Waals surface area contributed by atoms with Crippen molar-refractivity contribution >= 4 is 21.7 Å². The lowest BCUT2D eigenvalue weighted by molar-refractivity contribution is -0.120. The molecule has 0 spiro atoms. The highest BCUT2D eigenvalue weighted by atomic mass is 79.9. The Kier molecular flexibility index (Phi) is 4.17. The van der Waals surface area contributed by atoms with Crippen LogP contribution in [-0.2, 0) is 17.6 Å².